The first-order valence-corrected chi connectivity index (χ1v) is 11.5. The van der Waals surface area contributed by atoms with Crippen LogP contribution >= 0.6 is 0 Å². The molecule has 0 aliphatic heterocycles. The third-order valence-electron chi connectivity index (χ3n) is 4.77. The minimum Gasteiger partial charge on any atom is -0.326 e. The lowest BCUT2D eigenvalue weighted by molar-refractivity contribution is -0.115. The zero-order chi connectivity index (χ0) is 22.4. The minimum absolute atomic E-state index is 0.109. The summed E-state index contributed by atoms with van der Waals surface area (Å²) in [4.78, 5) is 24.5. The molecule has 3 aromatic carbocycles. The molecule has 0 aliphatic rings. The van der Waals surface area contributed by atoms with Gasteiger partial charge in [-0.2, -0.15) is 0 Å². The summed E-state index contributed by atoms with van der Waals surface area (Å²) >= 11 is 0. The average Bonchev–Trinajstić information content (AvgIpc) is 2.76. The van der Waals surface area contributed by atoms with Crippen molar-refractivity contribution in [3.05, 3.63) is 89.5 Å². The number of sulfone groups is 1. The van der Waals surface area contributed by atoms with Crippen molar-refractivity contribution < 1.29 is 18.0 Å². The summed E-state index contributed by atoms with van der Waals surface area (Å²) in [7, 11) is -3.45. The molecule has 160 valence electrons. The molecule has 0 saturated heterocycles. The SMILES string of the molecule is CCC(=O)Nc1ccc(C)c(NC(=O)c2ccc(CS(=O)(=O)c3ccccc3)cc2)c1. The maximum Gasteiger partial charge on any atom is 0.255 e. The number of hydrogen-bond donors (Lipinski definition) is 2. The van der Waals surface area contributed by atoms with Gasteiger partial charge in [-0.05, 0) is 54.4 Å². The van der Waals surface area contributed by atoms with E-state index < -0.39 is 9.84 Å². The van der Waals surface area contributed by atoms with E-state index in [1.165, 1.54) is 0 Å². The van der Waals surface area contributed by atoms with Crippen LogP contribution in [-0.2, 0) is 20.4 Å². The molecule has 0 fully saturated rings. The van der Waals surface area contributed by atoms with Gasteiger partial charge in [0.05, 0.1) is 10.6 Å². The molecule has 31 heavy (non-hydrogen) atoms. The minimum atomic E-state index is -3.45. The molecular weight excluding hydrogens is 412 g/mol. The molecule has 0 aromatic heterocycles. The molecule has 2 N–H and O–H groups in total. The summed E-state index contributed by atoms with van der Waals surface area (Å²) in [6.07, 6.45) is 0.363. The first-order chi connectivity index (χ1) is 14.8. The number of amides is 2. The Morgan fingerprint density at radius 3 is 2.19 bits per heavy atom. The summed E-state index contributed by atoms with van der Waals surface area (Å²) in [5, 5.41) is 5.61. The molecule has 6 nitrogen and oxygen atoms in total. The van der Waals surface area contributed by atoms with Crippen molar-refractivity contribution in [1.82, 2.24) is 0 Å². The van der Waals surface area contributed by atoms with Crippen LogP contribution in [0.2, 0.25) is 0 Å². The van der Waals surface area contributed by atoms with E-state index in [9.17, 15) is 18.0 Å². The van der Waals surface area contributed by atoms with Crippen LogP contribution in [0.3, 0.4) is 0 Å². The average molecular weight is 437 g/mol. The Hall–Kier alpha value is -3.45. The predicted octanol–water partition coefficient (Wildman–Crippen LogP) is 4.57. The number of benzene rings is 3. The molecule has 0 unspecified atom stereocenters. The maximum atomic E-state index is 12.7. The van der Waals surface area contributed by atoms with Crippen LogP contribution in [0, 0.1) is 6.92 Å². The van der Waals surface area contributed by atoms with E-state index >= 15 is 0 Å². The first-order valence-electron chi connectivity index (χ1n) is 9.87. The van der Waals surface area contributed by atoms with Gasteiger partial charge in [-0.1, -0.05) is 43.3 Å². The Bertz CT molecular complexity index is 1190. The number of aryl methyl sites for hydroxylation is 1. The topological polar surface area (TPSA) is 92.3 Å². The highest BCUT2D eigenvalue weighted by Crippen LogP contribution is 2.22. The highest BCUT2D eigenvalue weighted by atomic mass is 32.2. The fraction of sp³-hybridized carbons (Fsp3) is 0.167. The van der Waals surface area contributed by atoms with Gasteiger partial charge < -0.3 is 10.6 Å². The molecule has 0 atom stereocenters. The van der Waals surface area contributed by atoms with Crippen molar-refractivity contribution in [2.45, 2.75) is 30.9 Å². The first kappa shape index (κ1) is 22.2. The van der Waals surface area contributed by atoms with Gasteiger partial charge in [0.15, 0.2) is 9.84 Å². The number of nitrogens with one attached hydrogen (secondary N) is 2. The second kappa shape index (κ2) is 9.57. The summed E-state index contributed by atoms with van der Waals surface area (Å²) in [5.74, 6) is -0.571. The van der Waals surface area contributed by atoms with Crippen LogP contribution in [0.15, 0.2) is 77.7 Å². The zero-order valence-electron chi connectivity index (χ0n) is 17.4. The highest BCUT2D eigenvalue weighted by molar-refractivity contribution is 7.90. The van der Waals surface area contributed by atoms with Gasteiger partial charge in [0.25, 0.3) is 5.91 Å². The molecule has 3 rings (SSSR count). The number of carbonyl (C=O) groups excluding carboxylic acids is 2. The van der Waals surface area contributed by atoms with Gasteiger partial charge in [-0.25, -0.2) is 8.42 Å². The molecular formula is C24H24N2O4S. The van der Waals surface area contributed by atoms with Crippen molar-refractivity contribution in [1.29, 1.82) is 0 Å². The quantitative estimate of drug-likeness (QED) is 0.567. The summed E-state index contributed by atoms with van der Waals surface area (Å²) in [6, 6.07) is 20.1. The monoisotopic (exact) mass is 436 g/mol. The van der Waals surface area contributed by atoms with Crippen molar-refractivity contribution in [3.8, 4) is 0 Å². The lowest BCUT2D eigenvalue weighted by Gasteiger charge is -2.12. The van der Waals surface area contributed by atoms with Crippen molar-refractivity contribution in [2.75, 3.05) is 10.6 Å². The smallest absolute Gasteiger partial charge is 0.255 e. The van der Waals surface area contributed by atoms with Crippen LogP contribution in [0.25, 0.3) is 0 Å². The Morgan fingerprint density at radius 1 is 0.871 bits per heavy atom. The van der Waals surface area contributed by atoms with E-state index in [1.807, 2.05) is 13.0 Å². The molecule has 0 aliphatic carbocycles. The molecule has 7 heteroatoms. The third kappa shape index (κ3) is 5.79. The van der Waals surface area contributed by atoms with Crippen molar-refractivity contribution in [2.24, 2.45) is 0 Å². The predicted molar refractivity (Wildman–Crippen MR) is 122 cm³/mol. The summed E-state index contributed by atoms with van der Waals surface area (Å²) < 4.78 is 25.0. The van der Waals surface area contributed by atoms with E-state index in [1.54, 1.807) is 73.7 Å². The molecule has 2 amide bonds. The largest absolute Gasteiger partial charge is 0.326 e. The van der Waals surface area contributed by atoms with Crippen LogP contribution < -0.4 is 10.6 Å². The summed E-state index contributed by atoms with van der Waals surface area (Å²) in [6.45, 7) is 3.62. The van der Waals surface area contributed by atoms with E-state index in [-0.39, 0.29) is 22.5 Å². The van der Waals surface area contributed by atoms with Crippen LogP contribution in [0.5, 0.6) is 0 Å². The fourth-order valence-electron chi connectivity index (χ4n) is 2.96. The van der Waals surface area contributed by atoms with Gasteiger partial charge in [0.2, 0.25) is 5.91 Å². The van der Waals surface area contributed by atoms with Crippen LogP contribution in [0.4, 0.5) is 11.4 Å². The van der Waals surface area contributed by atoms with E-state index in [2.05, 4.69) is 10.6 Å². The second-order valence-electron chi connectivity index (χ2n) is 7.15. The molecule has 0 bridgehead atoms. The Labute approximate surface area is 182 Å². The van der Waals surface area contributed by atoms with Gasteiger partial charge in [0.1, 0.15) is 0 Å². The molecule has 0 radical (unpaired) electrons. The van der Waals surface area contributed by atoms with Crippen LogP contribution in [0.1, 0.15) is 34.8 Å². The molecule has 0 saturated carbocycles. The number of rotatable bonds is 7. The molecule has 0 spiro atoms. The number of carbonyl (C=O) groups is 2. The lowest BCUT2D eigenvalue weighted by Crippen LogP contribution is -2.14. The normalized spacial score (nSPS) is 11.0. The zero-order valence-corrected chi connectivity index (χ0v) is 18.2. The van der Waals surface area contributed by atoms with E-state index in [0.717, 1.165) is 5.56 Å². The number of hydrogen-bond acceptors (Lipinski definition) is 4. The van der Waals surface area contributed by atoms with Gasteiger partial charge in [-0.3, -0.25) is 9.59 Å². The summed E-state index contributed by atoms with van der Waals surface area (Å²) in [5.41, 5.74) is 3.06. The number of anilines is 2. The van der Waals surface area contributed by atoms with Gasteiger partial charge in [-0.15, -0.1) is 0 Å². The van der Waals surface area contributed by atoms with Crippen LogP contribution in [-0.4, -0.2) is 20.2 Å². The van der Waals surface area contributed by atoms with Crippen molar-refractivity contribution >= 4 is 33.0 Å². The standard InChI is InChI=1S/C24H24N2O4S/c1-3-23(27)25-20-14-9-17(2)22(15-20)26-24(28)19-12-10-18(11-13-19)16-31(29,30)21-7-5-4-6-8-21/h4-15H,3,16H2,1-2H3,(H,25,27)(H,26,28). The second-order valence-corrected chi connectivity index (χ2v) is 9.14. The van der Waals surface area contributed by atoms with Gasteiger partial charge in [0, 0.05) is 23.4 Å². The van der Waals surface area contributed by atoms with Crippen molar-refractivity contribution in [3.63, 3.8) is 0 Å². The van der Waals surface area contributed by atoms with E-state index in [0.29, 0.717) is 28.9 Å². The lowest BCUT2D eigenvalue weighted by atomic mass is 10.1. The molecule has 0 heterocycles. The maximum absolute atomic E-state index is 12.7. The third-order valence-corrected chi connectivity index (χ3v) is 6.47. The van der Waals surface area contributed by atoms with E-state index in [4.69, 9.17) is 0 Å². The fourth-order valence-corrected chi connectivity index (χ4v) is 4.33. The Kier molecular flexibility index (Phi) is 6.87. The highest BCUT2D eigenvalue weighted by Gasteiger charge is 2.15. The van der Waals surface area contributed by atoms with Gasteiger partial charge >= 0.3 is 0 Å². The molecule has 3 aromatic rings. The Morgan fingerprint density at radius 2 is 1.55 bits per heavy atom. The Balaban J connectivity index is 1.71.